The normalized spacial score (nSPS) is 17.6. The van der Waals surface area contributed by atoms with Crippen molar-refractivity contribution in [2.75, 3.05) is 13.2 Å². The fraction of sp³-hybridized carbons (Fsp3) is 0.312. The molecule has 37 heavy (non-hydrogen) atoms. The molecule has 4 rings (SSSR count). The molecule has 1 aliphatic rings. The van der Waals surface area contributed by atoms with E-state index in [9.17, 15) is 13.2 Å². The van der Waals surface area contributed by atoms with Crippen molar-refractivity contribution in [3.8, 4) is 22.6 Å². The first kappa shape index (κ1) is 26.6. The Hall–Kier alpha value is -3.47. The number of ether oxygens (including phenoxy) is 2. The van der Waals surface area contributed by atoms with Gasteiger partial charge in [-0.3, -0.25) is 0 Å². The van der Waals surface area contributed by atoms with Crippen LogP contribution in [-0.2, 0) is 0 Å². The molecular weight excluding hydrogens is 473 g/mol. The lowest BCUT2D eigenvalue weighted by Crippen LogP contribution is -2.12. The molecule has 0 atom stereocenters. The van der Waals surface area contributed by atoms with Crippen LogP contribution in [0.15, 0.2) is 73.3 Å². The predicted molar refractivity (Wildman–Crippen MR) is 143 cm³/mol. The van der Waals surface area contributed by atoms with Crippen LogP contribution in [0, 0.1) is 23.4 Å². The molecule has 0 radical (unpaired) electrons. The Morgan fingerprint density at radius 1 is 0.892 bits per heavy atom. The highest BCUT2D eigenvalue weighted by molar-refractivity contribution is 5.67. The van der Waals surface area contributed by atoms with Gasteiger partial charge in [0, 0.05) is 11.1 Å². The van der Waals surface area contributed by atoms with Gasteiger partial charge in [0.1, 0.15) is 5.75 Å². The van der Waals surface area contributed by atoms with Gasteiger partial charge in [-0.1, -0.05) is 48.6 Å². The van der Waals surface area contributed by atoms with Gasteiger partial charge in [-0.25, -0.2) is 13.2 Å². The molecule has 0 amide bonds. The first-order valence-electron chi connectivity index (χ1n) is 12.9. The number of hydrogen-bond acceptors (Lipinski definition) is 2. The van der Waals surface area contributed by atoms with E-state index in [2.05, 4.69) is 6.58 Å². The minimum absolute atomic E-state index is 0.225. The molecule has 0 unspecified atom stereocenters. The second-order valence-corrected chi connectivity index (χ2v) is 9.37. The van der Waals surface area contributed by atoms with Crippen molar-refractivity contribution in [3.63, 3.8) is 0 Å². The van der Waals surface area contributed by atoms with Crippen molar-refractivity contribution in [2.45, 2.75) is 44.9 Å². The van der Waals surface area contributed by atoms with Gasteiger partial charge in [-0.05, 0) is 86.3 Å². The summed E-state index contributed by atoms with van der Waals surface area (Å²) in [7, 11) is 0. The van der Waals surface area contributed by atoms with Gasteiger partial charge in [-0.2, -0.15) is 0 Å². The van der Waals surface area contributed by atoms with Crippen LogP contribution < -0.4 is 9.47 Å². The molecule has 5 heteroatoms. The average molecular weight is 507 g/mol. The predicted octanol–water partition coefficient (Wildman–Crippen LogP) is 9.11. The topological polar surface area (TPSA) is 18.5 Å². The van der Waals surface area contributed by atoms with Gasteiger partial charge in [0.15, 0.2) is 23.2 Å². The van der Waals surface area contributed by atoms with E-state index in [-0.39, 0.29) is 34.5 Å². The van der Waals surface area contributed by atoms with Crippen LogP contribution in [-0.4, -0.2) is 13.2 Å². The molecule has 1 fully saturated rings. The summed E-state index contributed by atoms with van der Waals surface area (Å²) in [4.78, 5) is 0. The lowest BCUT2D eigenvalue weighted by atomic mass is 9.78. The van der Waals surface area contributed by atoms with Crippen molar-refractivity contribution in [2.24, 2.45) is 5.92 Å². The molecule has 0 N–H and O–H groups in total. The average Bonchev–Trinajstić information content (AvgIpc) is 2.92. The monoisotopic (exact) mass is 506 g/mol. The van der Waals surface area contributed by atoms with Gasteiger partial charge in [-0.15, -0.1) is 6.58 Å². The molecule has 3 aromatic rings. The fourth-order valence-corrected chi connectivity index (χ4v) is 4.84. The molecule has 0 heterocycles. The summed E-state index contributed by atoms with van der Waals surface area (Å²) in [5.41, 5.74) is 2.04. The molecule has 0 bridgehead atoms. The molecular formula is C32H33F3O2. The Bertz CT molecular complexity index is 1230. The second kappa shape index (κ2) is 12.7. The van der Waals surface area contributed by atoms with Crippen molar-refractivity contribution < 1.29 is 22.6 Å². The summed E-state index contributed by atoms with van der Waals surface area (Å²) in [6.45, 7) is 6.48. The van der Waals surface area contributed by atoms with Crippen LogP contribution in [0.3, 0.4) is 0 Å². The van der Waals surface area contributed by atoms with E-state index >= 15 is 0 Å². The Labute approximate surface area is 217 Å². The summed E-state index contributed by atoms with van der Waals surface area (Å²) >= 11 is 0. The van der Waals surface area contributed by atoms with Crippen molar-refractivity contribution in [3.05, 3.63) is 102 Å². The molecule has 0 saturated heterocycles. The number of halogens is 3. The minimum Gasteiger partial charge on any atom is -0.494 e. The Morgan fingerprint density at radius 3 is 2.32 bits per heavy atom. The van der Waals surface area contributed by atoms with E-state index in [1.807, 2.05) is 19.1 Å². The summed E-state index contributed by atoms with van der Waals surface area (Å²) in [5.74, 6) is -0.521. The van der Waals surface area contributed by atoms with Crippen molar-refractivity contribution in [1.29, 1.82) is 0 Å². The third-order valence-corrected chi connectivity index (χ3v) is 6.92. The number of benzene rings is 3. The summed E-state index contributed by atoms with van der Waals surface area (Å²) in [6.07, 6.45) is 9.72. The molecule has 1 aliphatic carbocycles. The zero-order valence-electron chi connectivity index (χ0n) is 21.2. The van der Waals surface area contributed by atoms with Crippen molar-refractivity contribution in [1.82, 2.24) is 0 Å². The summed E-state index contributed by atoms with van der Waals surface area (Å²) < 4.78 is 55.0. The third kappa shape index (κ3) is 6.65. The van der Waals surface area contributed by atoms with Crippen LogP contribution in [0.4, 0.5) is 13.2 Å². The molecule has 0 aromatic heterocycles. The van der Waals surface area contributed by atoms with Crippen LogP contribution in [0.2, 0.25) is 0 Å². The maximum Gasteiger partial charge on any atom is 0.167 e. The molecule has 1 saturated carbocycles. The quantitative estimate of drug-likeness (QED) is 0.202. The first-order chi connectivity index (χ1) is 18.0. The standard InChI is InChI=1S/C32H33F3O2/c1-3-5-20-37-30-19-15-26(21-29(30)33)23-9-6-22(7-10-23)8-11-25-14-18-28(32(35)31(25)34)24-12-16-27(17-13-24)36-4-2/h3,8,11-19,21-23H,1,4-7,9-10,20H2,2H3/b11-8+. The van der Waals surface area contributed by atoms with Gasteiger partial charge in [0.05, 0.1) is 13.2 Å². The molecule has 0 aliphatic heterocycles. The second-order valence-electron chi connectivity index (χ2n) is 9.37. The maximum atomic E-state index is 14.9. The lowest BCUT2D eigenvalue weighted by molar-refractivity contribution is 0.307. The molecule has 194 valence electrons. The largest absolute Gasteiger partial charge is 0.494 e. The molecule has 2 nitrogen and oxygen atoms in total. The minimum atomic E-state index is -0.853. The van der Waals surface area contributed by atoms with Crippen molar-refractivity contribution >= 4 is 6.08 Å². The molecule has 3 aromatic carbocycles. The third-order valence-electron chi connectivity index (χ3n) is 6.92. The number of rotatable bonds is 10. The van der Waals surface area contributed by atoms with E-state index in [1.54, 1.807) is 60.7 Å². The summed E-state index contributed by atoms with van der Waals surface area (Å²) in [5, 5.41) is 0. The fourth-order valence-electron chi connectivity index (χ4n) is 4.84. The summed E-state index contributed by atoms with van der Waals surface area (Å²) in [6, 6.07) is 15.4. The molecule has 0 spiro atoms. The Morgan fingerprint density at radius 2 is 1.65 bits per heavy atom. The lowest BCUT2D eigenvalue weighted by Gasteiger charge is -2.27. The van der Waals surface area contributed by atoms with E-state index in [0.29, 0.717) is 30.9 Å². The Balaban J connectivity index is 1.36. The van der Waals surface area contributed by atoms with Gasteiger partial charge >= 0.3 is 0 Å². The van der Waals surface area contributed by atoms with Crippen LogP contribution in [0.25, 0.3) is 17.2 Å². The SMILES string of the molecule is C=CCCOc1ccc(C2CCC(/C=C/c3ccc(-c4ccc(OCC)cc4)c(F)c3F)CC2)cc1F. The Kier molecular flexibility index (Phi) is 9.10. The highest BCUT2D eigenvalue weighted by atomic mass is 19.2. The van der Waals surface area contributed by atoms with Crippen LogP contribution in [0.5, 0.6) is 11.5 Å². The van der Waals surface area contributed by atoms with Crippen LogP contribution in [0.1, 0.15) is 56.1 Å². The zero-order chi connectivity index (χ0) is 26.2. The van der Waals surface area contributed by atoms with Crippen LogP contribution >= 0.6 is 0 Å². The highest BCUT2D eigenvalue weighted by Crippen LogP contribution is 2.38. The van der Waals surface area contributed by atoms with E-state index in [0.717, 1.165) is 31.2 Å². The highest BCUT2D eigenvalue weighted by Gasteiger charge is 2.22. The van der Waals surface area contributed by atoms with E-state index in [1.165, 1.54) is 0 Å². The first-order valence-corrected chi connectivity index (χ1v) is 12.9. The van der Waals surface area contributed by atoms with Gasteiger partial charge < -0.3 is 9.47 Å². The zero-order valence-corrected chi connectivity index (χ0v) is 21.2. The van der Waals surface area contributed by atoms with E-state index in [4.69, 9.17) is 9.47 Å². The van der Waals surface area contributed by atoms with Gasteiger partial charge in [0.25, 0.3) is 0 Å². The number of allylic oxidation sites excluding steroid dienone is 1. The van der Waals surface area contributed by atoms with E-state index < -0.39 is 11.6 Å². The van der Waals surface area contributed by atoms with Gasteiger partial charge in [0.2, 0.25) is 0 Å². The maximum absolute atomic E-state index is 14.9. The smallest absolute Gasteiger partial charge is 0.167 e. The number of hydrogen-bond donors (Lipinski definition) is 0.